The number of allylic oxidation sites excluding steroid dienone is 1. The van der Waals surface area contributed by atoms with Crippen LogP contribution in [-0.2, 0) is 6.54 Å². The minimum absolute atomic E-state index is 0.158. The van der Waals surface area contributed by atoms with Crippen molar-refractivity contribution in [2.75, 3.05) is 33.2 Å². The zero-order valence-corrected chi connectivity index (χ0v) is 16.9. The first-order valence-electron chi connectivity index (χ1n) is 9.69. The van der Waals surface area contributed by atoms with Crippen molar-refractivity contribution in [3.05, 3.63) is 64.0 Å². The number of ether oxygens (including phenoxy) is 1. The number of Topliss-reactive ketones (excluding diaryl/α,β-unsaturated/α-hetero) is 1. The number of likely N-dealkylation sites (N-methyl/N-ethyl adjacent to an activating group) is 1. The predicted molar refractivity (Wildman–Crippen MR) is 113 cm³/mol. The topological polar surface area (TPSA) is 61.5 Å². The second kappa shape index (κ2) is 7.30. The normalized spacial score (nSPS) is 19.1. The van der Waals surface area contributed by atoms with Crippen LogP contribution < -0.4 is 4.74 Å². The Hall–Kier alpha value is -2.67. The third-order valence-electron chi connectivity index (χ3n) is 5.57. The van der Waals surface area contributed by atoms with Crippen LogP contribution in [0.2, 0.25) is 5.02 Å². The highest BCUT2D eigenvalue weighted by atomic mass is 35.5. The second-order valence-corrected chi connectivity index (χ2v) is 8.05. The van der Waals surface area contributed by atoms with E-state index in [0.717, 1.165) is 42.6 Å². The van der Waals surface area contributed by atoms with Gasteiger partial charge < -0.3 is 9.64 Å². The lowest BCUT2D eigenvalue weighted by Crippen LogP contribution is -2.43. The smallest absolute Gasteiger partial charge is 0.232 e. The molecule has 1 saturated heterocycles. The molecule has 148 valence electrons. The van der Waals surface area contributed by atoms with E-state index in [0.29, 0.717) is 28.6 Å². The molecule has 1 N–H and O–H groups in total. The van der Waals surface area contributed by atoms with E-state index in [-0.39, 0.29) is 11.5 Å². The van der Waals surface area contributed by atoms with E-state index in [1.165, 1.54) is 0 Å². The monoisotopic (exact) mass is 408 g/mol. The number of benzene rings is 2. The fourth-order valence-corrected chi connectivity index (χ4v) is 4.15. The molecular weight excluding hydrogens is 388 g/mol. The summed E-state index contributed by atoms with van der Waals surface area (Å²) < 4.78 is 6.05. The summed E-state index contributed by atoms with van der Waals surface area (Å²) in [6.07, 6.45) is 1.70. The van der Waals surface area contributed by atoms with Gasteiger partial charge in [-0.25, -0.2) is 0 Å². The molecule has 0 bridgehead atoms. The highest BCUT2D eigenvalue weighted by Gasteiger charge is 2.31. The Kier molecular flexibility index (Phi) is 4.62. The van der Waals surface area contributed by atoms with Crippen molar-refractivity contribution < 1.29 is 9.53 Å². The number of carbonyl (C=O) groups is 1. The number of aromatic amines is 1. The third-order valence-corrected chi connectivity index (χ3v) is 5.79. The van der Waals surface area contributed by atoms with Crippen molar-refractivity contribution in [2.24, 2.45) is 0 Å². The summed E-state index contributed by atoms with van der Waals surface area (Å²) in [4.78, 5) is 17.7. The number of hydrogen-bond acceptors (Lipinski definition) is 5. The Labute approximate surface area is 173 Å². The lowest BCUT2D eigenvalue weighted by Gasteiger charge is -2.32. The summed E-state index contributed by atoms with van der Waals surface area (Å²) in [5.41, 5.74) is 3.07. The number of H-pyrrole nitrogens is 1. The van der Waals surface area contributed by atoms with Gasteiger partial charge in [0.25, 0.3) is 0 Å². The molecule has 2 aliphatic heterocycles. The van der Waals surface area contributed by atoms with E-state index in [1.807, 2.05) is 30.3 Å². The molecule has 0 saturated carbocycles. The van der Waals surface area contributed by atoms with Gasteiger partial charge in [-0.3, -0.25) is 14.8 Å². The predicted octanol–water partition coefficient (Wildman–Crippen LogP) is 3.58. The molecule has 3 aromatic rings. The Morgan fingerprint density at radius 1 is 1.21 bits per heavy atom. The number of carbonyl (C=O) groups excluding carboxylic acids is 1. The first-order valence-corrected chi connectivity index (χ1v) is 10.1. The first-order chi connectivity index (χ1) is 14.1. The van der Waals surface area contributed by atoms with E-state index in [2.05, 4.69) is 27.0 Å². The molecule has 2 aromatic carbocycles. The lowest BCUT2D eigenvalue weighted by molar-refractivity contribution is 0.101. The van der Waals surface area contributed by atoms with Gasteiger partial charge in [-0.05, 0) is 25.2 Å². The maximum absolute atomic E-state index is 13.0. The quantitative estimate of drug-likeness (QED) is 0.671. The standard InChI is InChI=1S/C22H21ClN4O2/c1-26-6-8-27(9-7-26)13-14-10-15(23)11-17-21(28)20(29-22(14)17)12-19-16-4-2-3-5-18(16)24-25-19/h2-5,10-12H,6-9,13H2,1H3,(H,24,25)/b20-12-. The molecule has 7 heteroatoms. The van der Waals surface area contributed by atoms with Gasteiger partial charge in [0.15, 0.2) is 5.76 Å². The SMILES string of the molecule is CN1CCN(Cc2cc(Cl)cc3c2O/C(=C\c2n[nH]c4ccccc24)C3=O)CC1. The molecule has 0 atom stereocenters. The van der Waals surface area contributed by atoms with Gasteiger partial charge >= 0.3 is 0 Å². The van der Waals surface area contributed by atoms with Crippen LogP contribution in [0.4, 0.5) is 0 Å². The zero-order valence-electron chi connectivity index (χ0n) is 16.1. The van der Waals surface area contributed by atoms with E-state index in [1.54, 1.807) is 12.1 Å². The second-order valence-electron chi connectivity index (χ2n) is 7.62. The van der Waals surface area contributed by atoms with Crippen LogP contribution in [-0.4, -0.2) is 59.0 Å². The number of halogens is 1. The van der Waals surface area contributed by atoms with Crippen LogP contribution in [0.3, 0.4) is 0 Å². The van der Waals surface area contributed by atoms with Crippen LogP contribution in [0.25, 0.3) is 17.0 Å². The summed E-state index contributed by atoms with van der Waals surface area (Å²) >= 11 is 6.33. The number of fused-ring (bicyclic) bond motifs is 2. The number of aromatic nitrogens is 2. The molecule has 0 aliphatic carbocycles. The van der Waals surface area contributed by atoms with Crippen molar-refractivity contribution in [3.8, 4) is 5.75 Å². The zero-order chi connectivity index (χ0) is 20.0. The number of para-hydroxylation sites is 1. The highest BCUT2D eigenvalue weighted by Crippen LogP contribution is 2.38. The highest BCUT2D eigenvalue weighted by molar-refractivity contribution is 6.31. The maximum Gasteiger partial charge on any atom is 0.232 e. The van der Waals surface area contributed by atoms with Crippen LogP contribution in [0, 0.1) is 0 Å². The van der Waals surface area contributed by atoms with E-state index in [9.17, 15) is 4.79 Å². The molecule has 29 heavy (non-hydrogen) atoms. The summed E-state index contributed by atoms with van der Waals surface area (Å²) in [7, 11) is 2.13. The summed E-state index contributed by atoms with van der Waals surface area (Å²) in [5, 5.41) is 8.81. The van der Waals surface area contributed by atoms with Gasteiger partial charge in [0, 0.05) is 54.8 Å². The van der Waals surface area contributed by atoms with Crippen molar-refractivity contribution in [2.45, 2.75) is 6.54 Å². The minimum atomic E-state index is -0.158. The molecule has 0 unspecified atom stereocenters. The molecule has 1 fully saturated rings. The number of rotatable bonds is 3. The van der Waals surface area contributed by atoms with Gasteiger partial charge in [0.05, 0.1) is 16.8 Å². The van der Waals surface area contributed by atoms with Gasteiger partial charge in [-0.1, -0.05) is 29.8 Å². The average Bonchev–Trinajstić information content (AvgIpc) is 3.26. The Bertz CT molecular complexity index is 1130. The van der Waals surface area contributed by atoms with Gasteiger partial charge in [-0.15, -0.1) is 0 Å². The summed E-state index contributed by atoms with van der Waals surface area (Å²) in [6.45, 7) is 4.73. The molecule has 1 aromatic heterocycles. The van der Waals surface area contributed by atoms with Crippen LogP contribution in [0.15, 0.2) is 42.2 Å². The average molecular weight is 409 g/mol. The fourth-order valence-electron chi connectivity index (χ4n) is 3.91. The van der Waals surface area contributed by atoms with Crippen molar-refractivity contribution in [3.63, 3.8) is 0 Å². The number of nitrogens with one attached hydrogen (secondary N) is 1. The van der Waals surface area contributed by atoms with E-state index < -0.39 is 0 Å². The largest absolute Gasteiger partial charge is 0.452 e. The van der Waals surface area contributed by atoms with Crippen molar-refractivity contribution >= 4 is 34.4 Å². The number of piperazine rings is 1. The first kappa shape index (κ1) is 18.4. The van der Waals surface area contributed by atoms with Crippen LogP contribution in [0.5, 0.6) is 5.75 Å². The molecule has 0 amide bonds. The summed E-state index contributed by atoms with van der Waals surface area (Å²) in [5.74, 6) is 0.734. The van der Waals surface area contributed by atoms with Crippen molar-refractivity contribution in [1.82, 2.24) is 20.0 Å². The Balaban J connectivity index is 1.47. The lowest BCUT2D eigenvalue weighted by atomic mass is 10.1. The fraction of sp³-hybridized carbons (Fsp3) is 0.273. The van der Waals surface area contributed by atoms with Gasteiger partial charge in [0.1, 0.15) is 5.75 Å². The van der Waals surface area contributed by atoms with Crippen LogP contribution >= 0.6 is 11.6 Å². The Morgan fingerprint density at radius 2 is 2.00 bits per heavy atom. The number of hydrogen-bond donors (Lipinski definition) is 1. The third kappa shape index (κ3) is 3.44. The molecule has 5 rings (SSSR count). The molecule has 0 spiro atoms. The molecule has 3 heterocycles. The van der Waals surface area contributed by atoms with Crippen molar-refractivity contribution in [1.29, 1.82) is 0 Å². The van der Waals surface area contributed by atoms with E-state index >= 15 is 0 Å². The molecule has 6 nitrogen and oxygen atoms in total. The Morgan fingerprint density at radius 3 is 2.83 bits per heavy atom. The van der Waals surface area contributed by atoms with Gasteiger partial charge in [-0.2, -0.15) is 5.10 Å². The molecule has 2 aliphatic rings. The van der Waals surface area contributed by atoms with Crippen LogP contribution in [0.1, 0.15) is 21.6 Å². The van der Waals surface area contributed by atoms with Gasteiger partial charge in [0.2, 0.25) is 5.78 Å². The molecular formula is C22H21ClN4O2. The number of ketones is 1. The number of nitrogens with zero attached hydrogens (tertiary/aromatic N) is 3. The molecule has 0 radical (unpaired) electrons. The van der Waals surface area contributed by atoms with E-state index in [4.69, 9.17) is 16.3 Å². The maximum atomic E-state index is 13.0. The summed E-state index contributed by atoms with van der Waals surface area (Å²) in [6, 6.07) is 11.4. The minimum Gasteiger partial charge on any atom is -0.452 e.